The van der Waals surface area contributed by atoms with Gasteiger partial charge in [-0.15, -0.1) is 0 Å². The van der Waals surface area contributed by atoms with E-state index in [9.17, 15) is 18.0 Å². The van der Waals surface area contributed by atoms with Gasteiger partial charge in [-0.05, 0) is 18.2 Å². The lowest BCUT2D eigenvalue weighted by atomic mass is 10.1. The number of amides is 1. The van der Waals surface area contributed by atoms with Crippen LogP contribution < -0.4 is 10.6 Å². The monoisotopic (exact) mass is 275 g/mol. The van der Waals surface area contributed by atoms with E-state index in [1.807, 2.05) is 0 Å². The lowest BCUT2D eigenvalue weighted by Crippen LogP contribution is -2.35. The van der Waals surface area contributed by atoms with Gasteiger partial charge in [0, 0.05) is 32.5 Å². The molecule has 2 N–H and O–H groups in total. The summed E-state index contributed by atoms with van der Waals surface area (Å²) in [6, 6.07) is 3.51. The first-order valence-electron chi connectivity index (χ1n) is 5.51. The highest BCUT2D eigenvalue weighted by atomic mass is 19.4. The second-order valence-corrected chi connectivity index (χ2v) is 4.42. The van der Waals surface area contributed by atoms with Gasteiger partial charge in [-0.2, -0.15) is 13.2 Å². The highest BCUT2D eigenvalue weighted by molar-refractivity contribution is 5.81. The third-order valence-electron chi connectivity index (χ3n) is 2.61. The van der Waals surface area contributed by atoms with Gasteiger partial charge >= 0.3 is 6.18 Å². The molecule has 0 heterocycles. The van der Waals surface area contributed by atoms with Crippen LogP contribution in [0.25, 0.3) is 0 Å². The molecule has 0 radical (unpaired) electrons. The molecule has 0 aliphatic heterocycles. The van der Waals surface area contributed by atoms with Crippen molar-refractivity contribution in [3.8, 4) is 0 Å². The van der Waals surface area contributed by atoms with Gasteiger partial charge in [0.1, 0.15) is 0 Å². The fourth-order valence-corrected chi connectivity index (χ4v) is 1.54. The highest BCUT2D eigenvalue weighted by Crippen LogP contribution is 2.37. The number of carbonyl (C=O) groups is 1. The lowest BCUT2D eigenvalue weighted by molar-refractivity contribution is -0.137. The number of hydrogen-bond donors (Lipinski definition) is 1. The van der Waals surface area contributed by atoms with E-state index >= 15 is 0 Å². The summed E-state index contributed by atoms with van der Waals surface area (Å²) in [6.07, 6.45) is -4.51. The Bertz CT molecular complexity index is 472. The number of carbonyl (C=O) groups excluding carboxylic acids is 1. The second kappa shape index (κ2) is 5.38. The maximum atomic E-state index is 12.9. The molecule has 0 unspecified atom stereocenters. The summed E-state index contributed by atoms with van der Waals surface area (Å²) in [6.45, 7) is -0.139. The van der Waals surface area contributed by atoms with Crippen molar-refractivity contribution >= 4 is 17.3 Å². The Balaban J connectivity index is 3.09. The Kier molecular flexibility index (Phi) is 4.28. The standard InChI is InChI=1S/C12H16F3N3O/c1-17(2)11(19)7-18(3)10-5-4-8(16)6-9(10)12(13,14)15/h4-6H,7,16H2,1-3H3. The first-order valence-corrected chi connectivity index (χ1v) is 5.51. The summed E-state index contributed by atoms with van der Waals surface area (Å²) < 4.78 is 38.7. The zero-order chi connectivity index (χ0) is 14.8. The number of nitrogen functional groups attached to an aromatic ring is 1. The number of benzene rings is 1. The van der Waals surface area contributed by atoms with Gasteiger partial charge in [0.2, 0.25) is 5.91 Å². The molecule has 1 rings (SSSR count). The van der Waals surface area contributed by atoms with E-state index in [1.165, 1.54) is 29.0 Å². The maximum absolute atomic E-state index is 12.9. The number of hydrogen-bond acceptors (Lipinski definition) is 3. The number of nitrogens with zero attached hydrogens (tertiary/aromatic N) is 2. The van der Waals surface area contributed by atoms with Gasteiger partial charge in [0.15, 0.2) is 0 Å². The molecule has 4 nitrogen and oxygen atoms in total. The minimum atomic E-state index is -4.51. The van der Waals surface area contributed by atoms with E-state index in [2.05, 4.69) is 0 Å². The van der Waals surface area contributed by atoms with Gasteiger partial charge < -0.3 is 15.5 Å². The van der Waals surface area contributed by atoms with Crippen molar-refractivity contribution < 1.29 is 18.0 Å². The zero-order valence-electron chi connectivity index (χ0n) is 11.0. The molecule has 1 aromatic rings. The number of alkyl halides is 3. The van der Waals surface area contributed by atoms with Gasteiger partial charge in [-0.3, -0.25) is 4.79 Å². The highest BCUT2D eigenvalue weighted by Gasteiger charge is 2.34. The molecule has 0 saturated carbocycles. The van der Waals surface area contributed by atoms with Crippen molar-refractivity contribution in [3.63, 3.8) is 0 Å². The predicted molar refractivity (Wildman–Crippen MR) is 67.8 cm³/mol. The largest absolute Gasteiger partial charge is 0.418 e. The molecule has 1 amide bonds. The first-order chi connectivity index (χ1) is 8.62. The number of nitrogens with two attached hydrogens (primary N) is 1. The Hall–Kier alpha value is -1.92. The molecule has 0 saturated heterocycles. The fourth-order valence-electron chi connectivity index (χ4n) is 1.54. The SMILES string of the molecule is CN(C)C(=O)CN(C)c1ccc(N)cc1C(F)(F)F. The van der Waals surface area contributed by atoms with Crippen LogP contribution in [0.1, 0.15) is 5.56 Å². The average molecular weight is 275 g/mol. The Morgan fingerprint density at radius 2 is 1.84 bits per heavy atom. The van der Waals surface area contributed by atoms with Crippen LogP contribution in [0.4, 0.5) is 24.5 Å². The Labute approximate surface area is 109 Å². The van der Waals surface area contributed by atoms with Crippen LogP contribution in [-0.4, -0.2) is 38.5 Å². The van der Waals surface area contributed by atoms with Crippen molar-refractivity contribution in [2.45, 2.75) is 6.18 Å². The first kappa shape index (κ1) is 15.1. The van der Waals surface area contributed by atoms with Crippen molar-refractivity contribution in [1.29, 1.82) is 0 Å². The normalized spacial score (nSPS) is 11.3. The summed E-state index contributed by atoms with van der Waals surface area (Å²) in [5.74, 6) is -0.285. The van der Waals surface area contributed by atoms with Gasteiger partial charge in [0.05, 0.1) is 12.1 Å². The van der Waals surface area contributed by atoms with Crippen molar-refractivity contribution in [3.05, 3.63) is 23.8 Å². The third kappa shape index (κ3) is 3.77. The van der Waals surface area contributed by atoms with Crippen LogP contribution >= 0.6 is 0 Å². The van der Waals surface area contributed by atoms with Gasteiger partial charge in [-0.1, -0.05) is 0 Å². The minimum absolute atomic E-state index is 0.0309. The van der Waals surface area contributed by atoms with Crippen LogP contribution in [0.15, 0.2) is 18.2 Å². The molecule has 1 aromatic carbocycles. The van der Waals surface area contributed by atoms with Crippen LogP contribution in [0, 0.1) is 0 Å². The molecule has 19 heavy (non-hydrogen) atoms. The molecule has 0 bridgehead atoms. The molecule has 0 fully saturated rings. The molecular formula is C12H16F3N3O. The number of likely N-dealkylation sites (N-methyl/N-ethyl adjacent to an activating group) is 2. The molecule has 0 atom stereocenters. The number of anilines is 2. The van der Waals surface area contributed by atoms with E-state index in [0.29, 0.717) is 0 Å². The van der Waals surface area contributed by atoms with E-state index in [4.69, 9.17) is 5.73 Å². The topological polar surface area (TPSA) is 49.6 Å². The third-order valence-corrected chi connectivity index (χ3v) is 2.61. The molecule has 7 heteroatoms. The average Bonchev–Trinajstić information content (AvgIpc) is 2.27. The van der Waals surface area contributed by atoms with Crippen LogP contribution in [0.2, 0.25) is 0 Å². The summed E-state index contributed by atoms with van der Waals surface area (Å²) in [7, 11) is 4.52. The van der Waals surface area contributed by atoms with E-state index < -0.39 is 11.7 Å². The lowest BCUT2D eigenvalue weighted by Gasteiger charge is -2.24. The molecule has 0 aliphatic carbocycles. The van der Waals surface area contributed by atoms with E-state index in [1.54, 1.807) is 14.1 Å². The molecule has 0 aromatic heterocycles. The van der Waals surface area contributed by atoms with Crippen LogP contribution in [0.5, 0.6) is 0 Å². The van der Waals surface area contributed by atoms with Gasteiger partial charge in [-0.25, -0.2) is 0 Å². The van der Waals surface area contributed by atoms with Crippen molar-refractivity contribution in [2.24, 2.45) is 0 Å². The minimum Gasteiger partial charge on any atom is -0.399 e. The Morgan fingerprint density at radius 3 is 2.32 bits per heavy atom. The zero-order valence-corrected chi connectivity index (χ0v) is 11.0. The fraction of sp³-hybridized carbons (Fsp3) is 0.417. The van der Waals surface area contributed by atoms with Crippen molar-refractivity contribution in [2.75, 3.05) is 38.3 Å². The quantitative estimate of drug-likeness (QED) is 0.856. The smallest absolute Gasteiger partial charge is 0.399 e. The predicted octanol–water partition coefficient (Wildman–Crippen LogP) is 1.81. The molecule has 0 spiro atoms. The molecule has 0 aliphatic rings. The molecule has 106 valence electrons. The number of rotatable bonds is 3. The summed E-state index contributed by atoms with van der Waals surface area (Å²) in [5.41, 5.74) is 4.49. The number of halogens is 3. The van der Waals surface area contributed by atoms with Crippen molar-refractivity contribution in [1.82, 2.24) is 4.90 Å². The maximum Gasteiger partial charge on any atom is 0.418 e. The molecular weight excluding hydrogens is 259 g/mol. The second-order valence-electron chi connectivity index (χ2n) is 4.42. The summed E-state index contributed by atoms with van der Waals surface area (Å²) in [4.78, 5) is 14.1. The van der Waals surface area contributed by atoms with Gasteiger partial charge in [0.25, 0.3) is 0 Å². The van der Waals surface area contributed by atoms with Crippen LogP contribution in [0.3, 0.4) is 0 Å². The van der Waals surface area contributed by atoms with Crippen LogP contribution in [-0.2, 0) is 11.0 Å². The summed E-state index contributed by atoms with van der Waals surface area (Å²) in [5, 5.41) is 0. The van der Waals surface area contributed by atoms with E-state index in [-0.39, 0.29) is 23.8 Å². The Morgan fingerprint density at radius 1 is 1.26 bits per heavy atom. The van der Waals surface area contributed by atoms with E-state index in [0.717, 1.165) is 6.07 Å². The summed E-state index contributed by atoms with van der Waals surface area (Å²) >= 11 is 0.